The molecule has 1 aromatic carbocycles. The van der Waals surface area contributed by atoms with E-state index in [0.717, 1.165) is 16.6 Å². The maximum Gasteiger partial charge on any atom is 0.257 e. The highest BCUT2D eigenvalue weighted by atomic mass is 19.1. The Bertz CT molecular complexity index is 1340. The number of pyridine rings is 1. The number of rotatable bonds is 6. The molecule has 1 N–H and O–H groups in total. The summed E-state index contributed by atoms with van der Waals surface area (Å²) in [6.07, 6.45) is 2.82. The van der Waals surface area contributed by atoms with Crippen molar-refractivity contribution in [3.8, 4) is 11.4 Å². The van der Waals surface area contributed by atoms with E-state index < -0.39 is 6.17 Å². The van der Waals surface area contributed by atoms with Gasteiger partial charge < -0.3 is 9.84 Å². The molecule has 9 heteroatoms. The Balaban J connectivity index is 1.37. The fourth-order valence-electron chi connectivity index (χ4n) is 3.66. The second-order valence-electron chi connectivity index (χ2n) is 9.01. The monoisotopic (exact) mass is 448 g/mol. The third-order valence-electron chi connectivity index (χ3n) is 6.26. The van der Waals surface area contributed by atoms with Gasteiger partial charge in [0.05, 0.1) is 23.7 Å². The van der Waals surface area contributed by atoms with Crippen molar-refractivity contribution in [3.63, 3.8) is 0 Å². The van der Waals surface area contributed by atoms with Gasteiger partial charge in [0.15, 0.2) is 5.65 Å². The first-order chi connectivity index (χ1) is 15.8. The van der Waals surface area contributed by atoms with Crippen molar-refractivity contribution in [2.24, 2.45) is 5.92 Å². The molecule has 3 atom stereocenters. The molecule has 0 bridgehead atoms. The van der Waals surface area contributed by atoms with Crippen LogP contribution in [0.4, 0.5) is 10.1 Å². The Kier molecular flexibility index (Phi) is 5.19. The van der Waals surface area contributed by atoms with Gasteiger partial charge in [0.1, 0.15) is 6.17 Å². The number of aromatic nitrogens is 5. The van der Waals surface area contributed by atoms with Gasteiger partial charge >= 0.3 is 0 Å². The highest BCUT2D eigenvalue weighted by Crippen LogP contribution is 2.43. The van der Waals surface area contributed by atoms with Crippen LogP contribution in [0.15, 0.2) is 41.2 Å². The maximum atomic E-state index is 13.3. The lowest BCUT2D eigenvalue weighted by Gasteiger charge is -2.16. The summed E-state index contributed by atoms with van der Waals surface area (Å²) in [5.74, 6) is 0.517. The number of alkyl halides is 1. The first kappa shape index (κ1) is 21.2. The predicted molar refractivity (Wildman–Crippen MR) is 122 cm³/mol. The Labute approximate surface area is 190 Å². The van der Waals surface area contributed by atoms with Crippen LogP contribution >= 0.6 is 0 Å². The van der Waals surface area contributed by atoms with Gasteiger partial charge in [-0.3, -0.25) is 4.79 Å². The number of benzene rings is 1. The number of hydrogen-bond donors (Lipinski definition) is 1. The molecular formula is C24H25FN6O2. The van der Waals surface area contributed by atoms with Crippen LogP contribution in [0.3, 0.4) is 0 Å². The topological polar surface area (TPSA) is 98.7 Å². The smallest absolute Gasteiger partial charge is 0.257 e. The summed E-state index contributed by atoms with van der Waals surface area (Å²) >= 11 is 0. The average molecular weight is 449 g/mol. The molecule has 0 aliphatic heterocycles. The Morgan fingerprint density at radius 3 is 2.76 bits per heavy atom. The third kappa shape index (κ3) is 3.99. The highest BCUT2D eigenvalue weighted by Gasteiger charge is 2.43. The van der Waals surface area contributed by atoms with Gasteiger partial charge in [-0.1, -0.05) is 31.1 Å². The quantitative estimate of drug-likeness (QED) is 0.441. The molecule has 3 heterocycles. The van der Waals surface area contributed by atoms with E-state index in [1.807, 2.05) is 23.7 Å². The molecule has 1 aliphatic rings. The zero-order valence-electron chi connectivity index (χ0n) is 18.9. The van der Waals surface area contributed by atoms with Crippen LogP contribution in [0.1, 0.15) is 61.0 Å². The number of anilines is 1. The van der Waals surface area contributed by atoms with Crippen molar-refractivity contribution in [1.82, 2.24) is 24.9 Å². The number of hydrogen-bond acceptors (Lipinski definition) is 6. The standard InChI is InChI=1S/C24H25FN6O2/c1-12(2)14(4)31-22-16(11-27-31)7-17(10-26-22)23(32)28-20-8-15(6-5-13(20)3)21-29-24(33-30-21)18-9-19(18)25/h5-8,10-12,14,18-19H,9H2,1-4H3,(H,28,32)/t14?,18-,19-/m0/s1. The summed E-state index contributed by atoms with van der Waals surface area (Å²) in [7, 11) is 0. The van der Waals surface area contributed by atoms with Crippen LogP contribution in [0.2, 0.25) is 0 Å². The summed E-state index contributed by atoms with van der Waals surface area (Å²) in [5.41, 5.74) is 3.38. The molecule has 170 valence electrons. The summed E-state index contributed by atoms with van der Waals surface area (Å²) in [5, 5.41) is 12.2. The van der Waals surface area contributed by atoms with E-state index in [1.54, 1.807) is 24.5 Å². The Hall–Kier alpha value is -3.62. The van der Waals surface area contributed by atoms with E-state index >= 15 is 0 Å². The molecule has 1 amide bonds. The largest absolute Gasteiger partial charge is 0.339 e. The Morgan fingerprint density at radius 2 is 2.03 bits per heavy atom. The SMILES string of the molecule is Cc1ccc(-c2noc([C@H]3C[C@@H]3F)n2)cc1NC(=O)c1cnc2c(cnn2C(C)C(C)C)c1. The number of nitrogens with one attached hydrogen (secondary N) is 1. The molecule has 5 rings (SSSR count). The van der Waals surface area contributed by atoms with Crippen molar-refractivity contribution in [2.75, 3.05) is 5.32 Å². The van der Waals surface area contributed by atoms with Gasteiger partial charge in [0.25, 0.3) is 5.91 Å². The molecule has 0 radical (unpaired) electrons. The van der Waals surface area contributed by atoms with Crippen LogP contribution in [-0.4, -0.2) is 37.0 Å². The molecule has 1 saturated carbocycles. The lowest BCUT2D eigenvalue weighted by atomic mass is 10.1. The first-order valence-electron chi connectivity index (χ1n) is 11.0. The second-order valence-corrected chi connectivity index (χ2v) is 9.01. The van der Waals surface area contributed by atoms with Gasteiger partial charge in [0, 0.05) is 22.8 Å². The summed E-state index contributed by atoms with van der Waals surface area (Å²) in [6, 6.07) is 7.49. The van der Waals surface area contributed by atoms with Gasteiger partial charge in [-0.05, 0) is 43.9 Å². The van der Waals surface area contributed by atoms with Gasteiger partial charge in [-0.25, -0.2) is 14.1 Å². The fourth-order valence-corrected chi connectivity index (χ4v) is 3.66. The Morgan fingerprint density at radius 1 is 1.24 bits per heavy atom. The van der Waals surface area contributed by atoms with Crippen LogP contribution in [0.5, 0.6) is 0 Å². The molecule has 1 fully saturated rings. The number of aryl methyl sites for hydroxylation is 1. The van der Waals surface area contributed by atoms with Gasteiger partial charge in [-0.2, -0.15) is 10.1 Å². The van der Waals surface area contributed by atoms with Gasteiger partial charge in [-0.15, -0.1) is 0 Å². The normalized spacial score (nSPS) is 18.6. The molecule has 33 heavy (non-hydrogen) atoms. The van der Waals surface area contributed by atoms with E-state index in [1.165, 1.54) is 0 Å². The van der Waals surface area contributed by atoms with Crippen LogP contribution in [-0.2, 0) is 0 Å². The van der Waals surface area contributed by atoms with E-state index in [-0.39, 0.29) is 17.9 Å². The third-order valence-corrected chi connectivity index (χ3v) is 6.26. The lowest BCUT2D eigenvalue weighted by Crippen LogP contribution is -2.15. The van der Waals surface area contributed by atoms with Crippen LogP contribution in [0, 0.1) is 12.8 Å². The number of halogens is 1. The first-order valence-corrected chi connectivity index (χ1v) is 11.0. The van der Waals surface area contributed by atoms with E-state index in [0.29, 0.717) is 40.9 Å². The number of fused-ring (bicyclic) bond motifs is 1. The zero-order valence-corrected chi connectivity index (χ0v) is 18.9. The molecule has 1 aliphatic carbocycles. The van der Waals surface area contributed by atoms with Crippen LogP contribution in [0.25, 0.3) is 22.4 Å². The van der Waals surface area contributed by atoms with E-state index in [9.17, 15) is 9.18 Å². The van der Waals surface area contributed by atoms with Crippen molar-refractivity contribution in [2.45, 2.75) is 52.2 Å². The summed E-state index contributed by atoms with van der Waals surface area (Å²) in [6.45, 7) is 8.27. The maximum absolute atomic E-state index is 13.3. The van der Waals surface area contributed by atoms with Crippen molar-refractivity contribution in [1.29, 1.82) is 0 Å². The van der Waals surface area contributed by atoms with Crippen molar-refractivity contribution < 1.29 is 13.7 Å². The van der Waals surface area contributed by atoms with Crippen molar-refractivity contribution >= 4 is 22.6 Å². The number of amides is 1. The zero-order chi connectivity index (χ0) is 23.3. The molecular weight excluding hydrogens is 423 g/mol. The lowest BCUT2D eigenvalue weighted by molar-refractivity contribution is 0.102. The molecule has 0 saturated heterocycles. The minimum atomic E-state index is -0.905. The highest BCUT2D eigenvalue weighted by molar-refractivity contribution is 6.06. The molecule has 0 spiro atoms. The number of carbonyl (C=O) groups is 1. The van der Waals surface area contributed by atoms with Crippen LogP contribution < -0.4 is 5.32 Å². The minimum Gasteiger partial charge on any atom is -0.339 e. The molecule has 4 aromatic rings. The fraction of sp³-hybridized carbons (Fsp3) is 0.375. The average Bonchev–Trinajstić information content (AvgIpc) is 3.18. The predicted octanol–water partition coefficient (Wildman–Crippen LogP) is 5.08. The number of nitrogens with zero attached hydrogens (tertiary/aromatic N) is 5. The second kappa shape index (κ2) is 8.06. The van der Waals surface area contributed by atoms with E-state index in [4.69, 9.17) is 4.52 Å². The van der Waals surface area contributed by atoms with Crippen molar-refractivity contribution in [3.05, 3.63) is 53.7 Å². The molecule has 8 nitrogen and oxygen atoms in total. The van der Waals surface area contributed by atoms with E-state index in [2.05, 4.69) is 46.3 Å². The molecule has 3 aromatic heterocycles. The summed E-state index contributed by atoms with van der Waals surface area (Å²) in [4.78, 5) is 21.8. The minimum absolute atomic E-state index is 0.196. The number of carbonyl (C=O) groups excluding carboxylic acids is 1. The molecule has 1 unspecified atom stereocenters. The van der Waals surface area contributed by atoms with Gasteiger partial charge in [0.2, 0.25) is 11.7 Å². The summed E-state index contributed by atoms with van der Waals surface area (Å²) < 4.78 is 20.4.